The Balaban J connectivity index is 1.17. The Morgan fingerprint density at radius 2 is 1.67 bits per heavy atom. The number of allylic oxidation sites excluding steroid dienone is 3. The van der Waals surface area contributed by atoms with Crippen LogP contribution >= 0.6 is 0 Å². The van der Waals surface area contributed by atoms with Crippen molar-refractivity contribution in [3.05, 3.63) is 95.4 Å². The van der Waals surface area contributed by atoms with Crippen LogP contribution in [0.25, 0.3) is 5.57 Å². The van der Waals surface area contributed by atoms with Gasteiger partial charge in [-0.15, -0.1) is 0 Å². The van der Waals surface area contributed by atoms with E-state index in [9.17, 15) is 14.7 Å². The van der Waals surface area contributed by atoms with Crippen LogP contribution in [0, 0.1) is 5.41 Å². The van der Waals surface area contributed by atoms with Crippen LogP contribution < -0.4 is 11.1 Å². The van der Waals surface area contributed by atoms with E-state index >= 15 is 0 Å². The monoisotopic (exact) mass is 628 g/mol. The number of hydrogen-bond donors (Lipinski definition) is 3. The van der Waals surface area contributed by atoms with Crippen LogP contribution in [0.5, 0.6) is 5.75 Å². The molecule has 0 atom stereocenters. The molecule has 0 saturated carbocycles. The standard InChI is InChI=1S/C38H52N4O4/c1-3-4-7-33(34-8-5-6-9-35(34)44)28-36(30(2)39)46-27-15-31-10-12-32(13-11-31)29-40-37(45)14-20-41-21-16-38(17-22-41)18-23-42(24-19-38)25-26-43/h5-13,26,28,44H,2-4,14-25,27,29,39H2,1H3,(H,40,45)/b33-7-,36-28+. The average molecular weight is 629 g/mol. The van der Waals surface area contributed by atoms with E-state index in [-0.39, 0.29) is 11.7 Å². The number of nitrogens with two attached hydrogens (primary N) is 1. The van der Waals surface area contributed by atoms with Crippen molar-refractivity contribution in [1.82, 2.24) is 15.1 Å². The highest BCUT2D eigenvalue weighted by Crippen LogP contribution is 2.41. The third-order valence-electron chi connectivity index (χ3n) is 9.45. The second-order valence-electron chi connectivity index (χ2n) is 12.7. The van der Waals surface area contributed by atoms with E-state index in [1.54, 1.807) is 12.1 Å². The molecule has 0 aliphatic carbocycles. The van der Waals surface area contributed by atoms with Gasteiger partial charge >= 0.3 is 0 Å². The van der Waals surface area contributed by atoms with Crippen molar-refractivity contribution in [3.63, 3.8) is 0 Å². The summed E-state index contributed by atoms with van der Waals surface area (Å²) in [5.41, 5.74) is 10.6. The number of unbranched alkanes of at least 4 members (excludes halogenated alkanes) is 1. The van der Waals surface area contributed by atoms with Crippen molar-refractivity contribution >= 4 is 17.8 Å². The molecule has 4 N–H and O–H groups in total. The number of piperidine rings is 2. The number of aldehydes is 1. The van der Waals surface area contributed by atoms with Crippen LogP contribution in [0.2, 0.25) is 0 Å². The number of aromatic hydroxyl groups is 1. The van der Waals surface area contributed by atoms with Crippen molar-refractivity contribution in [1.29, 1.82) is 0 Å². The van der Waals surface area contributed by atoms with Crippen LogP contribution in [-0.4, -0.2) is 73.0 Å². The van der Waals surface area contributed by atoms with Crippen molar-refractivity contribution in [3.8, 4) is 5.75 Å². The summed E-state index contributed by atoms with van der Waals surface area (Å²) >= 11 is 0. The SMILES string of the molecule is C=C(N)/C(=C\C(=C\CCC)c1ccccc1O)OCCc1ccc(CNC(=O)CCN2CCC3(CCN(CC=O)CC3)CC2)cc1. The fraction of sp³-hybridized carbons (Fsp3) is 0.474. The summed E-state index contributed by atoms with van der Waals surface area (Å²) in [5.74, 6) is 0.780. The highest BCUT2D eigenvalue weighted by Gasteiger charge is 2.37. The van der Waals surface area contributed by atoms with Gasteiger partial charge in [0, 0.05) is 31.5 Å². The summed E-state index contributed by atoms with van der Waals surface area (Å²) in [6.45, 7) is 12.4. The minimum absolute atomic E-state index is 0.0810. The summed E-state index contributed by atoms with van der Waals surface area (Å²) in [4.78, 5) is 28.1. The molecule has 0 radical (unpaired) electrons. The summed E-state index contributed by atoms with van der Waals surface area (Å²) in [7, 11) is 0. The van der Waals surface area contributed by atoms with E-state index in [0.29, 0.717) is 49.4 Å². The first-order valence-electron chi connectivity index (χ1n) is 16.8. The van der Waals surface area contributed by atoms with E-state index in [4.69, 9.17) is 10.5 Å². The molecule has 0 unspecified atom stereocenters. The zero-order valence-electron chi connectivity index (χ0n) is 27.5. The lowest BCUT2D eigenvalue weighted by Gasteiger charge is -2.46. The number of nitrogens with zero attached hydrogens (tertiary/aromatic N) is 2. The van der Waals surface area contributed by atoms with Gasteiger partial charge in [-0.1, -0.05) is 68.5 Å². The van der Waals surface area contributed by atoms with Gasteiger partial charge < -0.3 is 30.6 Å². The number of hydrogen-bond acceptors (Lipinski definition) is 7. The van der Waals surface area contributed by atoms with Gasteiger partial charge in [0.15, 0.2) is 0 Å². The Morgan fingerprint density at radius 1 is 1.02 bits per heavy atom. The number of amides is 1. The van der Waals surface area contributed by atoms with E-state index < -0.39 is 0 Å². The summed E-state index contributed by atoms with van der Waals surface area (Å²) in [6.07, 6.45) is 12.7. The molecular formula is C38H52N4O4. The number of rotatable bonds is 16. The number of benzene rings is 2. The summed E-state index contributed by atoms with van der Waals surface area (Å²) < 4.78 is 6.05. The van der Waals surface area contributed by atoms with Gasteiger partial charge in [0.05, 0.1) is 18.8 Å². The fourth-order valence-corrected chi connectivity index (χ4v) is 6.35. The Hall–Kier alpha value is -3.88. The molecule has 1 amide bonds. The van der Waals surface area contributed by atoms with Gasteiger partial charge in [-0.3, -0.25) is 9.69 Å². The molecule has 2 fully saturated rings. The summed E-state index contributed by atoms with van der Waals surface area (Å²) in [6, 6.07) is 15.5. The highest BCUT2D eigenvalue weighted by molar-refractivity contribution is 5.78. The molecule has 2 heterocycles. The third-order valence-corrected chi connectivity index (χ3v) is 9.45. The van der Waals surface area contributed by atoms with E-state index in [0.717, 1.165) is 74.1 Å². The van der Waals surface area contributed by atoms with Gasteiger partial charge in [0.1, 0.15) is 17.8 Å². The minimum atomic E-state index is 0.0810. The number of carbonyl (C=O) groups excluding carboxylic acids is 2. The molecule has 0 bridgehead atoms. The number of ether oxygens (including phenoxy) is 1. The predicted octanol–water partition coefficient (Wildman–Crippen LogP) is 5.57. The minimum Gasteiger partial charge on any atom is -0.507 e. The van der Waals surface area contributed by atoms with Crippen molar-refractivity contribution in [2.45, 2.75) is 64.8 Å². The van der Waals surface area contributed by atoms with Gasteiger partial charge in [-0.25, -0.2) is 0 Å². The molecule has 2 aromatic rings. The third kappa shape index (κ3) is 10.6. The van der Waals surface area contributed by atoms with E-state index in [2.05, 4.69) is 46.8 Å². The molecule has 46 heavy (non-hydrogen) atoms. The average Bonchev–Trinajstić information content (AvgIpc) is 3.07. The maximum absolute atomic E-state index is 12.6. The highest BCUT2D eigenvalue weighted by atomic mass is 16.5. The second-order valence-corrected chi connectivity index (χ2v) is 12.7. The maximum Gasteiger partial charge on any atom is 0.221 e. The molecular weight excluding hydrogens is 576 g/mol. The fourth-order valence-electron chi connectivity index (χ4n) is 6.35. The Bertz CT molecular complexity index is 1350. The van der Waals surface area contributed by atoms with E-state index in [1.807, 2.05) is 30.3 Å². The van der Waals surface area contributed by atoms with E-state index in [1.165, 1.54) is 25.7 Å². The lowest BCUT2D eigenvalue weighted by molar-refractivity contribution is -0.121. The Labute approximate surface area is 275 Å². The molecule has 8 nitrogen and oxygen atoms in total. The van der Waals surface area contributed by atoms with Crippen molar-refractivity contribution < 1.29 is 19.4 Å². The van der Waals surface area contributed by atoms with Crippen LogP contribution in [0.3, 0.4) is 0 Å². The molecule has 248 valence electrons. The molecule has 2 aliphatic rings. The quantitative estimate of drug-likeness (QED) is 0.127. The summed E-state index contributed by atoms with van der Waals surface area (Å²) in [5, 5.41) is 13.5. The number of nitrogens with one attached hydrogen (secondary N) is 1. The van der Waals surface area contributed by atoms with Crippen LogP contribution in [0.15, 0.2) is 78.7 Å². The molecule has 8 heteroatoms. The molecule has 2 saturated heterocycles. The molecule has 0 aromatic heterocycles. The van der Waals surface area contributed by atoms with Crippen LogP contribution in [0.1, 0.15) is 68.6 Å². The first-order chi connectivity index (χ1) is 22.3. The largest absolute Gasteiger partial charge is 0.507 e. The molecule has 1 spiro atoms. The molecule has 4 rings (SSSR count). The first-order valence-corrected chi connectivity index (χ1v) is 16.8. The Kier molecular flexibility index (Phi) is 13.5. The number of phenols is 1. The predicted molar refractivity (Wildman–Crippen MR) is 185 cm³/mol. The molecule has 2 aliphatic heterocycles. The first kappa shape index (κ1) is 35.0. The number of carbonyl (C=O) groups is 2. The van der Waals surface area contributed by atoms with Crippen LogP contribution in [0.4, 0.5) is 0 Å². The van der Waals surface area contributed by atoms with Gasteiger partial charge in [-0.05, 0) is 92.5 Å². The lowest BCUT2D eigenvalue weighted by atomic mass is 9.71. The number of para-hydroxylation sites is 1. The number of likely N-dealkylation sites (tertiary alicyclic amines) is 2. The normalized spacial score (nSPS) is 17.5. The Morgan fingerprint density at radius 3 is 2.30 bits per heavy atom. The lowest BCUT2D eigenvalue weighted by Crippen LogP contribution is -2.47. The second kappa shape index (κ2) is 17.7. The van der Waals surface area contributed by atoms with Gasteiger partial charge in [0.2, 0.25) is 5.91 Å². The van der Waals surface area contributed by atoms with Crippen molar-refractivity contribution in [2.24, 2.45) is 11.1 Å². The smallest absolute Gasteiger partial charge is 0.221 e. The van der Waals surface area contributed by atoms with Gasteiger partial charge in [0.25, 0.3) is 0 Å². The topological polar surface area (TPSA) is 108 Å². The van der Waals surface area contributed by atoms with Gasteiger partial charge in [-0.2, -0.15) is 0 Å². The van der Waals surface area contributed by atoms with Crippen molar-refractivity contribution in [2.75, 3.05) is 45.9 Å². The molecule has 2 aromatic carbocycles. The number of phenolic OH excluding ortho intramolecular Hbond substituents is 1. The maximum atomic E-state index is 12.6. The zero-order chi connectivity index (χ0) is 32.8. The zero-order valence-corrected chi connectivity index (χ0v) is 27.5. The van der Waals surface area contributed by atoms with Crippen LogP contribution in [-0.2, 0) is 27.3 Å².